The summed E-state index contributed by atoms with van der Waals surface area (Å²) in [7, 11) is 4.07. The number of nitrogens with zero attached hydrogens (tertiary/aromatic N) is 2. The van der Waals surface area contributed by atoms with Gasteiger partial charge in [0.25, 0.3) is 0 Å². The van der Waals surface area contributed by atoms with Gasteiger partial charge in [-0.3, -0.25) is 0 Å². The van der Waals surface area contributed by atoms with Crippen molar-refractivity contribution in [3.05, 3.63) is 71.8 Å². The molecule has 0 spiro atoms. The van der Waals surface area contributed by atoms with Crippen LogP contribution in [0.25, 0.3) is 10.8 Å². The SMILES string of the molecule is CN(C)c1ccc([C@H]2CC(c3ccc4ccccc4c3O)=NN2)cc1. The molecule has 1 heterocycles. The van der Waals surface area contributed by atoms with Crippen molar-refractivity contribution in [2.75, 3.05) is 19.0 Å². The summed E-state index contributed by atoms with van der Waals surface area (Å²) < 4.78 is 0. The molecular formula is C21H21N3O. The van der Waals surface area contributed by atoms with Crippen molar-refractivity contribution in [2.45, 2.75) is 12.5 Å². The van der Waals surface area contributed by atoms with Crippen LogP contribution in [0.15, 0.2) is 65.8 Å². The maximum Gasteiger partial charge on any atom is 0.132 e. The minimum Gasteiger partial charge on any atom is -0.507 e. The molecule has 4 nitrogen and oxygen atoms in total. The zero-order valence-electron chi connectivity index (χ0n) is 14.4. The molecule has 1 atom stereocenters. The Morgan fingerprint density at radius 2 is 1.76 bits per heavy atom. The van der Waals surface area contributed by atoms with Crippen LogP contribution in [0.2, 0.25) is 0 Å². The number of phenols is 1. The molecule has 0 radical (unpaired) electrons. The molecule has 25 heavy (non-hydrogen) atoms. The Morgan fingerprint density at radius 3 is 2.52 bits per heavy atom. The summed E-state index contributed by atoms with van der Waals surface area (Å²) in [5.74, 6) is 0.308. The highest BCUT2D eigenvalue weighted by atomic mass is 16.3. The molecule has 2 N–H and O–H groups in total. The Balaban J connectivity index is 1.59. The topological polar surface area (TPSA) is 47.9 Å². The Labute approximate surface area is 147 Å². The number of phenolic OH excluding ortho intramolecular Hbond substituents is 1. The Kier molecular flexibility index (Phi) is 3.80. The number of benzene rings is 3. The van der Waals surface area contributed by atoms with E-state index in [1.165, 1.54) is 11.3 Å². The van der Waals surface area contributed by atoms with Crippen LogP contribution in [0.1, 0.15) is 23.6 Å². The fourth-order valence-corrected chi connectivity index (χ4v) is 3.30. The Bertz CT molecular complexity index is 945. The number of hydrogen-bond donors (Lipinski definition) is 2. The average molecular weight is 331 g/mol. The summed E-state index contributed by atoms with van der Waals surface area (Å²) >= 11 is 0. The average Bonchev–Trinajstić information content (AvgIpc) is 3.12. The summed E-state index contributed by atoms with van der Waals surface area (Å²) in [6, 6.07) is 20.5. The first-order valence-corrected chi connectivity index (χ1v) is 8.44. The molecule has 0 saturated heterocycles. The van der Waals surface area contributed by atoms with E-state index in [1.807, 2.05) is 50.5 Å². The molecule has 4 heteroatoms. The summed E-state index contributed by atoms with van der Waals surface area (Å²) in [5, 5.41) is 17.0. The maximum absolute atomic E-state index is 10.7. The largest absolute Gasteiger partial charge is 0.507 e. The van der Waals surface area contributed by atoms with Gasteiger partial charge in [-0.1, -0.05) is 42.5 Å². The standard InChI is InChI=1S/C21H21N3O/c1-24(2)16-10-7-15(8-11-16)19-13-20(23-22-19)18-12-9-14-5-3-4-6-17(14)21(18)25/h3-12,19,22,25H,13H2,1-2H3/t19-/m1/s1. The van der Waals surface area contributed by atoms with E-state index in [1.54, 1.807) is 0 Å². The third-order valence-electron chi connectivity index (χ3n) is 4.78. The molecule has 0 aromatic heterocycles. The third-order valence-corrected chi connectivity index (χ3v) is 4.78. The molecule has 3 aromatic rings. The van der Waals surface area contributed by atoms with Crippen molar-refractivity contribution < 1.29 is 5.11 Å². The van der Waals surface area contributed by atoms with Gasteiger partial charge in [-0.25, -0.2) is 0 Å². The van der Waals surface area contributed by atoms with Crippen molar-refractivity contribution >= 4 is 22.2 Å². The van der Waals surface area contributed by atoms with E-state index in [2.05, 4.69) is 39.7 Å². The molecule has 0 bridgehead atoms. The first kappa shape index (κ1) is 15.5. The monoisotopic (exact) mass is 331 g/mol. The molecule has 0 fully saturated rings. The fraction of sp³-hybridized carbons (Fsp3) is 0.190. The Morgan fingerprint density at radius 1 is 1.00 bits per heavy atom. The number of fused-ring (bicyclic) bond motifs is 1. The minimum atomic E-state index is 0.136. The second kappa shape index (κ2) is 6.13. The number of hydrazone groups is 1. The lowest BCUT2D eigenvalue weighted by atomic mass is 9.96. The van der Waals surface area contributed by atoms with Gasteiger partial charge in [0.1, 0.15) is 5.75 Å². The van der Waals surface area contributed by atoms with Crippen LogP contribution in [0, 0.1) is 0 Å². The zero-order chi connectivity index (χ0) is 17.4. The van der Waals surface area contributed by atoms with E-state index in [-0.39, 0.29) is 6.04 Å². The minimum absolute atomic E-state index is 0.136. The summed E-state index contributed by atoms with van der Waals surface area (Å²) in [6.07, 6.45) is 0.757. The highest BCUT2D eigenvalue weighted by Crippen LogP contribution is 2.33. The van der Waals surface area contributed by atoms with Crippen LogP contribution in [0.3, 0.4) is 0 Å². The smallest absolute Gasteiger partial charge is 0.132 e. The van der Waals surface area contributed by atoms with Gasteiger partial charge in [-0.05, 0) is 29.1 Å². The molecule has 126 valence electrons. The van der Waals surface area contributed by atoms with Crippen LogP contribution in [-0.2, 0) is 0 Å². The first-order valence-electron chi connectivity index (χ1n) is 8.44. The van der Waals surface area contributed by atoms with Gasteiger partial charge in [0, 0.05) is 37.2 Å². The second-order valence-corrected chi connectivity index (χ2v) is 6.61. The van der Waals surface area contributed by atoms with E-state index in [0.717, 1.165) is 28.5 Å². The van der Waals surface area contributed by atoms with E-state index in [0.29, 0.717) is 5.75 Å². The van der Waals surface area contributed by atoms with Crippen LogP contribution >= 0.6 is 0 Å². The molecular weight excluding hydrogens is 310 g/mol. The molecule has 4 rings (SSSR count). The zero-order valence-corrected chi connectivity index (χ0v) is 14.4. The van der Waals surface area contributed by atoms with Gasteiger partial charge < -0.3 is 15.4 Å². The molecule has 1 aliphatic heterocycles. The quantitative estimate of drug-likeness (QED) is 0.761. The number of hydrogen-bond acceptors (Lipinski definition) is 4. The highest BCUT2D eigenvalue weighted by Gasteiger charge is 2.23. The summed E-state index contributed by atoms with van der Waals surface area (Å²) in [6.45, 7) is 0. The molecule has 3 aromatic carbocycles. The normalized spacial score (nSPS) is 16.6. The van der Waals surface area contributed by atoms with Gasteiger partial charge in [0.05, 0.1) is 11.8 Å². The number of nitrogens with one attached hydrogen (secondary N) is 1. The van der Waals surface area contributed by atoms with Crippen molar-refractivity contribution in [2.24, 2.45) is 5.10 Å². The van der Waals surface area contributed by atoms with Crippen LogP contribution < -0.4 is 10.3 Å². The number of anilines is 1. The molecule has 0 aliphatic carbocycles. The van der Waals surface area contributed by atoms with Crippen LogP contribution in [-0.4, -0.2) is 24.9 Å². The lowest BCUT2D eigenvalue weighted by Gasteiger charge is -2.15. The number of aromatic hydroxyl groups is 1. The van der Waals surface area contributed by atoms with Gasteiger partial charge in [0.15, 0.2) is 0 Å². The van der Waals surface area contributed by atoms with E-state index in [9.17, 15) is 5.11 Å². The predicted octanol–water partition coefficient (Wildman–Crippen LogP) is 4.05. The van der Waals surface area contributed by atoms with Crippen molar-refractivity contribution in [3.63, 3.8) is 0 Å². The fourth-order valence-electron chi connectivity index (χ4n) is 3.30. The molecule has 0 unspecified atom stereocenters. The van der Waals surface area contributed by atoms with E-state index < -0.39 is 0 Å². The van der Waals surface area contributed by atoms with Crippen LogP contribution in [0.5, 0.6) is 5.75 Å². The van der Waals surface area contributed by atoms with Gasteiger partial charge in [0.2, 0.25) is 0 Å². The van der Waals surface area contributed by atoms with Gasteiger partial charge >= 0.3 is 0 Å². The van der Waals surface area contributed by atoms with Crippen molar-refractivity contribution in [1.82, 2.24) is 5.43 Å². The van der Waals surface area contributed by atoms with Crippen LogP contribution in [0.4, 0.5) is 5.69 Å². The maximum atomic E-state index is 10.7. The Hall–Kier alpha value is -3.01. The number of rotatable bonds is 3. The van der Waals surface area contributed by atoms with Gasteiger partial charge in [-0.2, -0.15) is 5.10 Å². The second-order valence-electron chi connectivity index (χ2n) is 6.61. The summed E-state index contributed by atoms with van der Waals surface area (Å²) in [5.41, 5.74) is 7.28. The lowest BCUT2D eigenvalue weighted by Crippen LogP contribution is -2.11. The van der Waals surface area contributed by atoms with Crippen molar-refractivity contribution in [1.29, 1.82) is 0 Å². The van der Waals surface area contributed by atoms with E-state index >= 15 is 0 Å². The molecule has 1 aliphatic rings. The predicted molar refractivity (Wildman–Crippen MR) is 103 cm³/mol. The van der Waals surface area contributed by atoms with Crippen molar-refractivity contribution in [3.8, 4) is 5.75 Å². The van der Waals surface area contributed by atoms with E-state index in [4.69, 9.17) is 0 Å². The molecule has 0 amide bonds. The first-order chi connectivity index (χ1) is 12.1. The van der Waals surface area contributed by atoms with Gasteiger partial charge in [-0.15, -0.1) is 0 Å². The third kappa shape index (κ3) is 2.80. The summed E-state index contributed by atoms with van der Waals surface area (Å²) in [4.78, 5) is 2.08. The lowest BCUT2D eigenvalue weighted by molar-refractivity contribution is 0.480. The molecule has 0 saturated carbocycles. The highest BCUT2D eigenvalue weighted by molar-refractivity contribution is 6.08.